The van der Waals surface area contributed by atoms with Gasteiger partial charge in [-0.25, -0.2) is 13.7 Å². The normalized spacial score (nSPS) is 13.9. The van der Waals surface area contributed by atoms with Crippen LogP contribution in [0.3, 0.4) is 0 Å². The fourth-order valence-electron chi connectivity index (χ4n) is 4.02. The van der Waals surface area contributed by atoms with Crippen molar-refractivity contribution in [3.8, 4) is 0 Å². The molecule has 4 rings (SSSR count). The molecule has 1 aliphatic heterocycles. The van der Waals surface area contributed by atoms with Gasteiger partial charge in [-0.3, -0.25) is 9.59 Å². The molecule has 0 bridgehead atoms. The molecule has 1 aliphatic rings. The molecule has 0 unspecified atom stereocenters. The van der Waals surface area contributed by atoms with Crippen molar-refractivity contribution >= 4 is 28.8 Å². The predicted molar refractivity (Wildman–Crippen MR) is 121 cm³/mol. The first-order chi connectivity index (χ1) is 15.2. The van der Waals surface area contributed by atoms with Gasteiger partial charge in [-0.05, 0) is 74.2 Å². The van der Waals surface area contributed by atoms with E-state index in [0.717, 1.165) is 39.3 Å². The molecule has 0 saturated heterocycles. The minimum absolute atomic E-state index is 0.0205. The number of carbonyl (C=O) groups is 2. The summed E-state index contributed by atoms with van der Waals surface area (Å²) in [5.41, 5.74) is 5.12. The number of benzene rings is 3. The first-order valence-electron chi connectivity index (χ1n) is 10.2. The number of anilines is 2. The number of rotatable bonds is 4. The molecule has 0 atom stereocenters. The van der Waals surface area contributed by atoms with E-state index in [0.29, 0.717) is 11.3 Å². The number of carbonyl (C=O) groups excluding carboxylic acids is 2. The van der Waals surface area contributed by atoms with Crippen LogP contribution < -0.4 is 10.2 Å². The lowest BCUT2D eigenvalue weighted by molar-refractivity contribution is -0.120. The first kappa shape index (κ1) is 21.4. The van der Waals surface area contributed by atoms with Crippen LogP contribution in [0, 0.1) is 39.3 Å². The van der Waals surface area contributed by atoms with Crippen LogP contribution >= 0.6 is 0 Å². The minimum Gasteiger partial charge on any atom is -0.350 e. The van der Waals surface area contributed by atoms with Gasteiger partial charge in [0.1, 0.15) is 5.70 Å². The molecule has 1 heterocycles. The van der Waals surface area contributed by atoms with Crippen LogP contribution in [0.25, 0.3) is 5.57 Å². The number of halogens is 2. The number of amides is 2. The smallest absolute Gasteiger partial charge is 0.282 e. The molecular weight excluding hydrogens is 410 g/mol. The Bertz CT molecular complexity index is 1290. The maximum atomic E-state index is 13.8. The molecule has 0 spiro atoms. The zero-order valence-electron chi connectivity index (χ0n) is 18.2. The van der Waals surface area contributed by atoms with E-state index in [9.17, 15) is 18.4 Å². The summed E-state index contributed by atoms with van der Waals surface area (Å²) >= 11 is 0. The molecule has 0 saturated carbocycles. The monoisotopic (exact) mass is 432 g/mol. The number of nitrogens with one attached hydrogen (secondary N) is 1. The van der Waals surface area contributed by atoms with Crippen LogP contribution in [-0.4, -0.2) is 11.8 Å². The third-order valence-corrected chi connectivity index (χ3v) is 5.39. The molecular formula is C26H22F2N2O2. The highest BCUT2D eigenvalue weighted by atomic mass is 19.2. The summed E-state index contributed by atoms with van der Waals surface area (Å²) in [6.07, 6.45) is 0. The highest BCUT2D eigenvalue weighted by molar-refractivity contribution is 6.46. The van der Waals surface area contributed by atoms with E-state index < -0.39 is 23.4 Å². The fraction of sp³-hybridized carbons (Fsp3) is 0.154. The lowest BCUT2D eigenvalue weighted by atomic mass is 9.97. The van der Waals surface area contributed by atoms with Crippen molar-refractivity contribution in [1.82, 2.24) is 0 Å². The van der Waals surface area contributed by atoms with Gasteiger partial charge in [0, 0.05) is 11.8 Å². The predicted octanol–water partition coefficient (Wildman–Crippen LogP) is 5.60. The molecule has 3 aromatic rings. The number of hydrogen-bond acceptors (Lipinski definition) is 3. The molecule has 3 aromatic carbocycles. The van der Waals surface area contributed by atoms with E-state index in [1.54, 1.807) is 18.2 Å². The van der Waals surface area contributed by atoms with Gasteiger partial charge < -0.3 is 5.32 Å². The van der Waals surface area contributed by atoms with E-state index >= 15 is 0 Å². The highest BCUT2D eigenvalue weighted by Crippen LogP contribution is 2.36. The van der Waals surface area contributed by atoms with Crippen molar-refractivity contribution in [1.29, 1.82) is 0 Å². The Labute approximate surface area is 185 Å². The van der Waals surface area contributed by atoms with Crippen molar-refractivity contribution in [3.05, 3.63) is 99.7 Å². The highest BCUT2D eigenvalue weighted by Gasteiger charge is 2.41. The van der Waals surface area contributed by atoms with Crippen molar-refractivity contribution in [2.75, 3.05) is 10.2 Å². The Morgan fingerprint density at radius 1 is 0.719 bits per heavy atom. The SMILES string of the molecule is Cc1cc(C)cc(N2C(=O)C(Nc3ccc(F)c(F)c3)=C(c3ccc(C)cc3C)C2=O)c1. The van der Waals surface area contributed by atoms with Gasteiger partial charge in [-0.2, -0.15) is 0 Å². The largest absolute Gasteiger partial charge is 0.350 e. The van der Waals surface area contributed by atoms with Gasteiger partial charge in [0.05, 0.1) is 11.3 Å². The maximum Gasteiger partial charge on any atom is 0.282 e. The molecule has 0 aliphatic carbocycles. The van der Waals surface area contributed by atoms with Crippen LogP contribution in [0.4, 0.5) is 20.2 Å². The fourth-order valence-corrected chi connectivity index (χ4v) is 4.02. The molecule has 0 fully saturated rings. The molecule has 1 N–H and O–H groups in total. The van der Waals surface area contributed by atoms with E-state index in [4.69, 9.17) is 0 Å². The molecule has 4 nitrogen and oxygen atoms in total. The van der Waals surface area contributed by atoms with E-state index in [1.165, 1.54) is 6.07 Å². The Morgan fingerprint density at radius 2 is 1.41 bits per heavy atom. The summed E-state index contributed by atoms with van der Waals surface area (Å²) in [5, 5.41) is 2.87. The molecule has 2 amide bonds. The van der Waals surface area contributed by atoms with E-state index in [2.05, 4.69) is 5.32 Å². The molecule has 162 valence electrons. The lowest BCUT2D eigenvalue weighted by Crippen LogP contribution is -2.32. The van der Waals surface area contributed by atoms with Crippen LogP contribution in [0.2, 0.25) is 0 Å². The first-order valence-corrected chi connectivity index (χ1v) is 10.2. The Hall–Kier alpha value is -3.80. The second-order valence-electron chi connectivity index (χ2n) is 8.11. The number of aryl methyl sites for hydroxylation is 4. The lowest BCUT2D eigenvalue weighted by Gasteiger charge is -2.17. The molecule has 6 heteroatoms. The van der Waals surface area contributed by atoms with Gasteiger partial charge >= 0.3 is 0 Å². The summed E-state index contributed by atoms with van der Waals surface area (Å²) in [7, 11) is 0. The minimum atomic E-state index is -1.05. The van der Waals surface area contributed by atoms with Crippen molar-refractivity contribution in [3.63, 3.8) is 0 Å². The van der Waals surface area contributed by atoms with E-state index in [1.807, 2.05) is 45.9 Å². The number of nitrogens with zero attached hydrogens (tertiary/aromatic N) is 1. The van der Waals surface area contributed by atoms with Gasteiger partial charge in [0.2, 0.25) is 0 Å². The van der Waals surface area contributed by atoms with Crippen LogP contribution in [0.15, 0.2) is 60.3 Å². The zero-order valence-corrected chi connectivity index (χ0v) is 18.2. The average molecular weight is 432 g/mol. The van der Waals surface area contributed by atoms with Crippen LogP contribution in [0.1, 0.15) is 27.8 Å². The maximum absolute atomic E-state index is 13.8. The third kappa shape index (κ3) is 3.80. The van der Waals surface area contributed by atoms with Crippen LogP contribution in [0.5, 0.6) is 0 Å². The second kappa shape index (κ2) is 8.04. The van der Waals surface area contributed by atoms with Gasteiger partial charge in [-0.15, -0.1) is 0 Å². The quantitative estimate of drug-likeness (QED) is 0.547. The molecule has 0 radical (unpaired) electrons. The van der Waals surface area contributed by atoms with Crippen molar-refractivity contribution in [2.45, 2.75) is 27.7 Å². The summed E-state index contributed by atoms with van der Waals surface area (Å²) in [5.74, 6) is -3.08. The molecule has 32 heavy (non-hydrogen) atoms. The topological polar surface area (TPSA) is 49.4 Å². The van der Waals surface area contributed by atoms with Gasteiger partial charge in [0.25, 0.3) is 11.8 Å². The summed E-state index contributed by atoms with van der Waals surface area (Å²) in [6, 6.07) is 14.3. The second-order valence-corrected chi connectivity index (χ2v) is 8.11. The average Bonchev–Trinajstić information content (AvgIpc) is 2.94. The Balaban J connectivity index is 1.88. The number of imide groups is 1. The van der Waals surface area contributed by atoms with Crippen LogP contribution in [-0.2, 0) is 9.59 Å². The standard InChI is InChI=1S/C26H22F2N2O2/c1-14-5-7-20(17(4)10-14)23-24(29-18-6-8-21(27)22(28)13-18)26(32)30(25(23)31)19-11-15(2)9-16(3)12-19/h5-13,29H,1-4H3. The molecule has 0 aromatic heterocycles. The van der Waals surface area contributed by atoms with Gasteiger partial charge in [0.15, 0.2) is 11.6 Å². The van der Waals surface area contributed by atoms with Crippen molar-refractivity contribution in [2.24, 2.45) is 0 Å². The Kier molecular flexibility index (Phi) is 5.38. The summed E-state index contributed by atoms with van der Waals surface area (Å²) < 4.78 is 27.2. The summed E-state index contributed by atoms with van der Waals surface area (Å²) in [6.45, 7) is 7.58. The van der Waals surface area contributed by atoms with E-state index in [-0.39, 0.29) is 17.0 Å². The summed E-state index contributed by atoms with van der Waals surface area (Å²) in [4.78, 5) is 28.2. The van der Waals surface area contributed by atoms with Gasteiger partial charge in [-0.1, -0.05) is 29.8 Å². The number of hydrogen-bond donors (Lipinski definition) is 1. The van der Waals surface area contributed by atoms with Crippen molar-refractivity contribution < 1.29 is 18.4 Å². The Morgan fingerprint density at radius 3 is 2.03 bits per heavy atom. The zero-order chi connectivity index (χ0) is 23.2. The third-order valence-electron chi connectivity index (χ3n) is 5.39.